The molecule has 2 rings (SSSR count). The summed E-state index contributed by atoms with van der Waals surface area (Å²) in [4.78, 5) is 8.17. The van der Waals surface area contributed by atoms with E-state index < -0.39 is 15.3 Å². The van der Waals surface area contributed by atoms with Crippen LogP contribution in [0, 0.1) is 0 Å². The van der Waals surface area contributed by atoms with E-state index >= 15 is 0 Å². The average Bonchev–Trinajstić information content (AvgIpc) is 2.49. The van der Waals surface area contributed by atoms with Crippen molar-refractivity contribution in [1.82, 2.24) is 14.7 Å². The van der Waals surface area contributed by atoms with Gasteiger partial charge in [-0.05, 0) is 39.5 Å². The molecule has 0 spiro atoms. The Bertz CT molecular complexity index is 584. The lowest BCUT2D eigenvalue weighted by Crippen LogP contribution is -2.42. The molecule has 0 unspecified atom stereocenters. The summed E-state index contributed by atoms with van der Waals surface area (Å²) in [7, 11) is -1.69. The molecule has 0 amide bonds. The molecule has 0 atom stereocenters. The van der Waals surface area contributed by atoms with Crippen LogP contribution >= 0.6 is 0 Å². The van der Waals surface area contributed by atoms with E-state index in [2.05, 4.69) is 14.7 Å². The molecule has 1 aromatic heterocycles. The standard InChI is InChI=1S/C14H23N3O4S/c1-10(2)22(18,19)17-11-4-6-12(7-5-11)21-14-9-15-8-13(16-14)20-3/h8-12,17H,4-7H2,1-3H3. The third-order valence-electron chi connectivity index (χ3n) is 3.71. The van der Waals surface area contributed by atoms with E-state index in [4.69, 9.17) is 9.47 Å². The van der Waals surface area contributed by atoms with Gasteiger partial charge in [0.2, 0.25) is 21.8 Å². The molecule has 22 heavy (non-hydrogen) atoms. The Labute approximate surface area is 131 Å². The van der Waals surface area contributed by atoms with Crippen LogP contribution in [0.3, 0.4) is 0 Å². The zero-order valence-corrected chi connectivity index (χ0v) is 14.0. The van der Waals surface area contributed by atoms with Crippen LogP contribution in [-0.2, 0) is 10.0 Å². The van der Waals surface area contributed by atoms with Crippen LogP contribution in [0.4, 0.5) is 0 Å². The zero-order valence-electron chi connectivity index (χ0n) is 13.2. The Morgan fingerprint density at radius 3 is 2.41 bits per heavy atom. The van der Waals surface area contributed by atoms with Gasteiger partial charge in [-0.25, -0.2) is 13.1 Å². The molecule has 0 radical (unpaired) electrons. The number of sulfonamides is 1. The predicted octanol–water partition coefficient (Wildman–Crippen LogP) is 1.50. The Morgan fingerprint density at radius 2 is 1.82 bits per heavy atom. The van der Waals surface area contributed by atoms with Gasteiger partial charge < -0.3 is 9.47 Å². The summed E-state index contributed by atoms with van der Waals surface area (Å²) < 4.78 is 37.3. The third-order valence-corrected chi connectivity index (χ3v) is 5.62. The van der Waals surface area contributed by atoms with Gasteiger partial charge in [-0.2, -0.15) is 4.98 Å². The predicted molar refractivity (Wildman–Crippen MR) is 82.4 cm³/mol. The maximum absolute atomic E-state index is 11.9. The second-order valence-corrected chi connectivity index (χ2v) is 7.97. The highest BCUT2D eigenvalue weighted by atomic mass is 32.2. The SMILES string of the molecule is COc1cncc(OC2CCC(NS(=O)(=O)C(C)C)CC2)n1. The van der Waals surface area contributed by atoms with Gasteiger partial charge in [-0.1, -0.05) is 0 Å². The number of ether oxygens (including phenoxy) is 2. The summed E-state index contributed by atoms with van der Waals surface area (Å²) in [6.45, 7) is 3.36. The van der Waals surface area contributed by atoms with Gasteiger partial charge in [-0.15, -0.1) is 0 Å². The van der Waals surface area contributed by atoms with Gasteiger partial charge in [0.15, 0.2) is 0 Å². The van der Waals surface area contributed by atoms with Crippen LogP contribution in [0.5, 0.6) is 11.8 Å². The minimum atomic E-state index is -3.21. The van der Waals surface area contributed by atoms with E-state index in [1.54, 1.807) is 20.0 Å². The van der Waals surface area contributed by atoms with Crippen LogP contribution in [0.25, 0.3) is 0 Å². The van der Waals surface area contributed by atoms with Crippen LogP contribution in [0.1, 0.15) is 39.5 Å². The monoisotopic (exact) mass is 329 g/mol. The highest BCUT2D eigenvalue weighted by Crippen LogP contribution is 2.24. The zero-order chi connectivity index (χ0) is 16.2. The first-order chi connectivity index (χ1) is 10.4. The van der Waals surface area contributed by atoms with E-state index in [0.29, 0.717) is 11.8 Å². The summed E-state index contributed by atoms with van der Waals surface area (Å²) in [5.41, 5.74) is 0. The van der Waals surface area contributed by atoms with Crippen LogP contribution in [-0.4, -0.2) is 42.9 Å². The largest absolute Gasteiger partial charge is 0.480 e. The molecule has 7 nitrogen and oxygen atoms in total. The van der Waals surface area contributed by atoms with Crippen LogP contribution in [0.2, 0.25) is 0 Å². The fourth-order valence-electron chi connectivity index (χ4n) is 2.32. The lowest BCUT2D eigenvalue weighted by Gasteiger charge is -2.29. The minimum absolute atomic E-state index is 0.0105. The van der Waals surface area contributed by atoms with E-state index in [9.17, 15) is 8.42 Å². The van der Waals surface area contributed by atoms with E-state index in [1.165, 1.54) is 13.3 Å². The molecule has 1 aliphatic carbocycles. The number of nitrogens with zero attached hydrogens (tertiary/aromatic N) is 2. The summed E-state index contributed by atoms with van der Waals surface area (Å²) in [5.74, 6) is 0.849. The molecule has 1 aliphatic rings. The Hall–Kier alpha value is -1.41. The van der Waals surface area contributed by atoms with Gasteiger partial charge in [0.1, 0.15) is 6.10 Å². The summed E-state index contributed by atoms with van der Waals surface area (Å²) in [6, 6.07) is -0.0105. The van der Waals surface area contributed by atoms with E-state index in [-0.39, 0.29) is 12.1 Å². The molecule has 0 saturated heterocycles. The van der Waals surface area contributed by atoms with Crippen molar-refractivity contribution >= 4 is 10.0 Å². The third kappa shape index (κ3) is 4.54. The van der Waals surface area contributed by atoms with Gasteiger partial charge in [0.25, 0.3) is 0 Å². The average molecular weight is 329 g/mol. The van der Waals surface area contributed by atoms with Crippen LogP contribution < -0.4 is 14.2 Å². The molecule has 1 N–H and O–H groups in total. The molecule has 124 valence electrons. The molecule has 1 aromatic rings. The van der Waals surface area contributed by atoms with Gasteiger partial charge in [0, 0.05) is 6.04 Å². The fraction of sp³-hybridized carbons (Fsp3) is 0.714. The normalized spacial score (nSPS) is 22.5. The van der Waals surface area contributed by atoms with Crippen LogP contribution in [0.15, 0.2) is 12.4 Å². The molecule has 8 heteroatoms. The molecular formula is C14H23N3O4S. The maximum Gasteiger partial charge on any atom is 0.235 e. The molecule has 0 bridgehead atoms. The first kappa shape index (κ1) is 17.0. The summed E-state index contributed by atoms with van der Waals surface area (Å²) >= 11 is 0. The molecular weight excluding hydrogens is 306 g/mol. The maximum atomic E-state index is 11.9. The first-order valence-electron chi connectivity index (χ1n) is 7.44. The highest BCUT2D eigenvalue weighted by molar-refractivity contribution is 7.90. The number of methoxy groups -OCH3 is 1. The molecule has 0 aliphatic heterocycles. The number of nitrogens with one attached hydrogen (secondary N) is 1. The molecule has 1 fully saturated rings. The molecule has 0 aromatic carbocycles. The number of rotatable bonds is 6. The fourth-order valence-corrected chi connectivity index (χ4v) is 3.30. The van der Waals surface area contributed by atoms with Crippen molar-refractivity contribution in [2.75, 3.05) is 7.11 Å². The van der Waals surface area contributed by atoms with Gasteiger partial charge >= 0.3 is 0 Å². The quantitative estimate of drug-likeness (QED) is 0.850. The van der Waals surface area contributed by atoms with Gasteiger partial charge in [0.05, 0.1) is 24.8 Å². The number of aromatic nitrogens is 2. The Kier molecular flexibility index (Phi) is 5.57. The topological polar surface area (TPSA) is 90.4 Å². The van der Waals surface area contributed by atoms with E-state index in [1.807, 2.05) is 0 Å². The Morgan fingerprint density at radius 1 is 1.18 bits per heavy atom. The van der Waals surface area contributed by atoms with Crippen molar-refractivity contribution in [3.63, 3.8) is 0 Å². The molecule has 1 saturated carbocycles. The van der Waals surface area contributed by atoms with Crippen molar-refractivity contribution in [3.8, 4) is 11.8 Å². The first-order valence-corrected chi connectivity index (χ1v) is 8.99. The van der Waals surface area contributed by atoms with Gasteiger partial charge in [-0.3, -0.25) is 4.98 Å². The van der Waals surface area contributed by atoms with Crippen molar-refractivity contribution in [1.29, 1.82) is 0 Å². The smallest absolute Gasteiger partial charge is 0.235 e. The van der Waals surface area contributed by atoms with Crippen molar-refractivity contribution < 1.29 is 17.9 Å². The second-order valence-electron chi connectivity index (χ2n) is 5.70. The summed E-state index contributed by atoms with van der Waals surface area (Å²) in [5, 5.41) is -0.409. The lowest BCUT2D eigenvalue weighted by molar-refractivity contribution is 0.136. The number of hydrogen-bond acceptors (Lipinski definition) is 6. The Balaban J connectivity index is 1.84. The van der Waals surface area contributed by atoms with Crippen molar-refractivity contribution in [3.05, 3.63) is 12.4 Å². The highest BCUT2D eigenvalue weighted by Gasteiger charge is 2.27. The van der Waals surface area contributed by atoms with E-state index in [0.717, 1.165) is 25.7 Å². The second kappa shape index (κ2) is 7.23. The minimum Gasteiger partial charge on any atom is -0.480 e. The van der Waals surface area contributed by atoms with Crippen molar-refractivity contribution in [2.24, 2.45) is 0 Å². The lowest BCUT2D eigenvalue weighted by atomic mass is 9.94. The number of hydrogen-bond donors (Lipinski definition) is 1. The molecule has 1 heterocycles. The summed E-state index contributed by atoms with van der Waals surface area (Å²) in [6.07, 6.45) is 6.18. The van der Waals surface area contributed by atoms with Crippen molar-refractivity contribution in [2.45, 2.75) is 56.9 Å².